The Morgan fingerprint density at radius 2 is 1.68 bits per heavy atom. The zero-order valence-corrected chi connectivity index (χ0v) is 22.0. The van der Waals surface area contributed by atoms with Crippen LogP contribution in [0, 0.1) is 0 Å². The highest BCUT2D eigenvalue weighted by Gasteiger charge is 2.40. The molecule has 0 unspecified atom stereocenters. The Morgan fingerprint density at radius 3 is 2.38 bits per heavy atom. The number of hydrogen-bond acceptors (Lipinski definition) is 7. The van der Waals surface area contributed by atoms with Gasteiger partial charge in [0, 0.05) is 12.1 Å². The summed E-state index contributed by atoms with van der Waals surface area (Å²) in [6.07, 6.45) is -2.47. The van der Waals surface area contributed by atoms with Gasteiger partial charge in [0.15, 0.2) is 11.5 Å². The number of esters is 1. The van der Waals surface area contributed by atoms with Crippen molar-refractivity contribution in [2.75, 3.05) is 13.2 Å². The van der Waals surface area contributed by atoms with Crippen LogP contribution in [0.1, 0.15) is 25.2 Å². The zero-order valence-electron chi connectivity index (χ0n) is 21.2. The smallest absolute Gasteiger partial charge is 0.453 e. The Hall–Kier alpha value is -4.44. The highest BCUT2D eigenvalue weighted by molar-refractivity contribution is 6.32. The molecule has 7 nitrogen and oxygen atoms in total. The molecule has 1 heterocycles. The first-order valence-electron chi connectivity index (χ1n) is 12.0. The lowest BCUT2D eigenvalue weighted by Gasteiger charge is -2.14. The molecule has 0 atom stereocenters. The molecule has 0 aliphatic rings. The maximum atomic E-state index is 13.8. The Bertz CT molecular complexity index is 1630. The van der Waals surface area contributed by atoms with Gasteiger partial charge in [-0.15, -0.1) is 0 Å². The highest BCUT2D eigenvalue weighted by atomic mass is 35.5. The van der Waals surface area contributed by atoms with Gasteiger partial charge in [0.25, 0.3) is 5.76 Å². The first-order valence-corrected chi connectivity index (χ1v) is 12.4. The Balaban J connectivity index is 1.60. The van der Waals surface area contributed by atoms with Crippen molar-refractivity contribution in [1.29, 1.82) is 0 Å². The molecule has 0 aliphatic heterocycles. The van der Waals surface area contributed by atoms with E-state index in [4.69, 9.17) is 35.0 Å². The second kappa shape index (κ2) is 12.2. The number of ether oxygens (including phenoxy) is 4. The monoisotopic (exact) mass is 574 g/mol. The van der Waals surface area contributed by atoms with Gasteiger partial charge in [-0.2, -0.15) is 13.2 Å². The van der Waals surface area contributed by atoms with Crippen molar-refractivity contribution >= 4 is 34.6 Å². The van der Waals surface area contributed by atoms with E-state index in [1.165, 1.54) is 36.4 Å². The lowest BCUT2D eigenvalue weighted by atomic mass is 10.2. The summed E-state index contributed by atoms with van der Waals surface area (Å²) in [5.41, 5.74) is -0.910. The van der Waals surface area contributed by atoms with E-state index in [0.29, 0.717) is 30.3 Å². The molecule has 0 spiro atoms. The molecule has 1 aromatic heterocycles. The van der Waals surface area contributed by atoms with Gasteiger partial charge in [0.1, 0.15) is 17.1 Å². The van der Waals surface area contributed by atoms with Crippen molar-refractivity contribution in [1.82, 2.24) is 0 Å². The normalized spacial score (nSPS) is 11.6. The minimum absolute atomic E-state index is 0.00443. The van der Waals surface area contributed by atoms with Crippen LogP contribution in [-0.2, 0) is 11.0 Å². The van der Waals surface area contributed by atoms with Crippen LogP contribution in [0.25, 0.3) is 17.0 Å². The number of carbonyl (C=O) groups is 1. The van der Waals surface area contributed by atoms with Crippen LogP contribution < -0.4 is 24.4 Å². The van der Waals surface area contributed by atoms with E-state index in [1.54, 1.807) is 24.3 Å². The molecule has 0 saturated carbocycles. The van der Waals surface area contributed by atoms with Gasteiger partial charge in [-0.25, -0.2) is 4.79 Å². The summed E-state index contributed by atoms with van der Waals surface area (Å²) in [4.78, 5) is 25.4. The third-order valence-corrected chi connectivity index (χ3v) is 5.64. The van der Waals surface area contributed by atoms with E-state index in [-0.39, 0.29) is 21.9 Å². The van der Waals surface area contributed by atoms with E-state index in [9.17, 15) is 22.8 Å². The fourth-order valence-corrected chi connectivity index (χ4v) is 3.80. The molecule has 0 radical (unpaired) electrons. The third-order valence-electron chi connectivity index (χ3n) is 5.33. The van der Waals surface area contributed by atoms with Crippen LogP contribution in [0.5, 0.6) is 28.7 Å². The Labute approximate surface area is 231 Å². The first-order chi connectivity index (χ1) is 19.1. The fraction of sp³-hybridized carbons (Fsp3) is 0.172. The molecular formula is C29H22ClF3O7. The van der Waals surface area contributed by atoms with Gasteiger partial charge >= 0.3 is 12.1 Å². The Morgan fingerprint density at radius 1 is 0.950 bits per heavy atom. The fourth-order valence-electron chi connectivity index (χ4n) is 3.62. The SMILES string of the molecule is CCOc1ccc(C=CC(=O)Oc2ccc3c(=O)c(Oc4ccccc4Cl)c(C(F)(F)F)oc3c2)cc1OCC. The molecular weight excluding hydrogens is 553 g/mol. The number of benzene rings is 3. The summed E-state index contributed by atoms with van der Waals surface area (Å²) in [6, 6.07) is 14.3. The quantitative estimate of drug-likeness (QED) is 0.115. The number of fused-ring (bicyclic) bond motifs is 1. The molecule has 3 aromatic carbocycles. The zero-order chi connectivity index (χ0) is 28.9. The van der Waals surface area contributed by atoms with Gasteiger partial charge in [-0.1, -0.05) is 29.8 Å². The number of hydrogen-bond donors (Lipinski definition) is 0. The molecule has 0 amide bonds. The molecule has 0 aliphatic carbocycles. The lowest BCUT2D eigenvalue weighted by Crippen LogP contribution is -2.15. The molecule has 40 heavy (non-hydrogen) atoms. The van der Waals surface area contributed by atoms with Gasteiger partial charge in [0.05, 0.1) is 23.6 Å². The second-order valence-corrected chi connectivity index (χ2v) is 8.51. The summed E-state index contributed by atoms with van der Waals surface area (Å²) >= 11 is 5.98. The van der Waals surface area contributed by atoms with Crippen molar-refractivity contribution in [3.05, 3.63) is 93.3 Å². The van der Waals surface area contributed by atoms with E-state index >= 15 is 0 Å². The van der Waals surface area contributed by atoms with Crippen molar-refractivity contribution < 1.29 is 41.3 Å². The summed E-state index contributed by atoms with van der Waals surface area (Å²) in [7, 11) is 0. The molecule has 0 saturated heterocycles. The summed E-state index contributed by atoms with van der Waals surface area (Å²) in [5, 5.41) is -0.215. The van der Waals surface area contributed by atoms with Crippen molar-refractivity contribution in [2.45, 2.75) is 20.0 Å². The highest BCUT2D eigenvalue weighted by Crippen LogP contribution is 2.40. The number of halogens is 4. The van der Waals surface area contributed by atoms with Crippen molar-refractivity contribution in [3.8, 4) is 28.7 Å². The van der Waals surface area contributed by atoms with E-state index in [2.05, 4.69) is 0 Å². The van der Waals surface area contributed by atoms with Crippen LogP contribution in [0.4, 0.5) is 13.2 Å². The number of para-hydroxylation sites is 1. The summed E-state index contributed by atoms with van der Waals surface area (Å²) in [5.74, 6) is -2.78. The predicted molar refractivity (Wildman–Crippen MR) is 142 cm³/mol. The molecule has 0 bridgehead atoms. The topological polar surface area (TPSA) is 84.2 Å². The summed E-state index contributed by atoms with van der Waals surface area (Å²) in [6.45, 7) is 4.53. The molecule has 0 N–H and O–H groups in total. The van der Waals surface area contributed by atoms with Crippen LogP contribution in [0.3, 0.4) is 0 Å². The van der Waals surface area contributed by atoms with E-state index < -0.39 is 34.7 Å². The van der Waals surface area contributed by atoms with Gasteiger partial charge < -0.3 is 23.4 Å². The number of carbonyl (C=O) groups excluding carboxylic acids is 1. The van der Waals surface area contributed by atoms with Crippen molar-refractivity contribution in [2.24, 2.45) is 0 Å². The molecule has 208 valence electrons. The minimum Gasteiger partial charge on any atom is -0.490 e. The first kappa shape index (κ1) is 28.6. The standard InChI is InChI=1S/C29H22ClF3O7/c1-3-36-22-13-9-17(15-24(22)37-4-2)10-14-25(34)38-18-11-12-19-23(16-18)40-28(29(31,32)33)27(26(19)35)39-21-8-6-5-7-20(21)30/h5-16H,3-4H2,1-2H3. The molecule has 4 rings (SSSR count). The minimum atomic E-state index is -5.07. The van der Waals surface area contributed by atoms with Crippen LogP contribution in [-0.4, -0.2) is 19.2 Å². The van der Waals surface area contributed by atoms with E-state index in [1.807, 2.05) is 13.8 Å². The molecule has 0 fully saturated rings. The lowest BCUT2D eigenvalue weighted by molar-refractivity contribution is -0.154. The number of rotatable bonds is 9. The maximum Gasteiger partial charge on any atom is 0.453 e. The average molecular weight is 575 g/mol. The van der Waals surface area contributed by atoms with Gasteiger partial charge in [-0.05, 0) is 61.9 Å². The molecule has 4 aromatic rings. The maximum absolute atomic E-state index is 13.8. The Kier molecular flexibility index (Phi) is 8.69. The van der Waals surface area contributed by atoms with Crippen molar-refractivity contribution in [3.63, 3.8) is 0 Å². The second-order valence-electron chi connectivity index (χ2n) is 8.10. The largest absolute Gasteiger partial charge is 0.490 e. The predicted octanol–water partition coefficient (Wildman–Crippen LogP) is 7.67. The average Bonchev–Trinajstić information content (AvgIpc) is 2.91. The van der Waals surface area contributed by atoms with Gasteiger partial charge in [0.2, 0.25) is 11.2 Å². The van der Waals surface area contributed by atoms with E-state index in [0.717, 1.165) is 12.1 Å². The van der Waals surface area contributed by atoms with Crippen LogP contribution in [0.2, 0.25) is 5.02 Å². The summed E-state index contributed by atoms with van der Waals surface area (Å²) < 4.78 is 68.0. The van der Waals surface area contributed by atoms with Crippen LogP contribution in [0.15, 0.2) is 76.0 Å². The number of alkyl halides is 3. The third kappa shape index (κ3) is 6.58. The molecule has 11 heteroatoms. The van der Waals surface area contributed by atoms with Gasteiger partial charge in [-0.3, -0.25) is 4.79 Å². The van der Waals surface area contributed by atoms with Crippen LogP contribution >= 0.6 is 11.6 Å².